The van der Waals surface area contributed by atoms with Gasteiger partial charge in [0.25, 0.3) is 11.5 Å². The molecule has 0 saturated carbocycles. The smallest absolute Gasteiger partial charge is 0.258 e. The number of hydrogen-bond donors (Lipinski definition) is 2. The number of pyridine rings is 2. The van der Waals surface area contributed by atoms with E-state index in [0.29, 0.717) is 54.3 Å². The normalized spacial score (nSPS) is 19.0. The predicted octanol–water partition coefficient (Wildman–Crippen LogP) is 8.29. The lowest BCUT2D eigenvalue weighted by molar-refractivity contribution is -0.136. The first-order chi connectivity index (χ1) is 34.9. The lowest BCUT2D eigenvalue weighted by Crippen LogP contribution is -2.55. The number of benzene rings is 3. The molecule has 10 rings (SSSR count). The second kappa shape index (κ2) is 19.3. The van der Waals surface area contributed by atoms with Crippen molar-refractivity contribution in [3.05, 3.63) is 152 Å². The molecule has 0 spiro atoms. The zero-order valence-electron chi connectivity index (χ0n) is 42.4. The van der Waals surface area contributed by atoms with Gasteiger partial charge in [-0.2, -0.15) is 0 Å². The maximum Gasteiger partial charge on any atom is 0.258 e. The van der Waals surface area contributed by atoms with E-state index in [-0.39, 0.29) is 47.0 Å². The van der Waals surface area contributed by atoms with E-state index in [1.54, 1.807) is 42.2 Å². The fraction of sp³-hybridized carbons (Fsp3) is 0.368. The van der Waals surface area contributed by atoms with E-state index in [4.69, 9.17) is 0 Å². The highest BCUT2D eigenvalue weighted by Crippen LogP contribution is 2.44. The minimum Gasteiger partial charge on any atom is -0.386 e. The quantitative estimate of drug-likeness (QED) is 0.123. The van der Waals surface area contributed by atoms with Crippen LogP contribution in [0, 0.1) is 18.6 Å². The van der Waals surface area contributed by atoms with E-state index in [9.17, 15) is 28.4 Å². The van der Waals surface area contributed by atoms with Gasteiger partial charge >= 0.3 is 0 Å². The molecule has 14 nitrogen and oxygen atoms in total. The van der Waals surface area contributed by atoms with E-state index >= 15 is 4.39 Å². The second-order valence-electron chi connectivity index (χ2n) is 20.6. The van der Waals surface area contributed by atoms with Crippen molar-refractivity contribution in [1.82, 2.24) is 29.2 Å². The molecular weight excluding hydrogens is 929 g/mol. The third kappa shape index (κ3) is 8.94. The Morgan fingerprint density at radius 2 is 1.67 bits per heavy atom. The number of aryl methyl sites for hydroxylation is 2. The standard InChI is InChI=1S/C57H61F2N9O5/c1-33-26-39(28-43(58)52(33)38-19-24-66(25-20-38)34(2)49-29-41-46(16-21-61-53(41)64(49)7)67-32-44(59)45(60-5)30-51(67)70)55(72)63(6)40-11-9-36(10-12-40)37-17-22-65(23-18-37)31-35-8-13-47-42(27-35)57(3,4)56(73)68(47)48-14-15-50(69)62-54(48)71/h8-13,16,19,21,26-30,32,34,37,48,60H,14-15,17-18,20,22-25,31H2,1-7H3,(H,62,69,71)/t34-,48?/m0/s1. The molecular formula is C57H61F2N9O5. The molecule has 1 unspecified atom stereocenters. The van der Waals surface area contributed by atoms with Crippen molar-refractivity contribution in [2.75, 3.05) is 55.4 Å². The SMILES string of the molecule is CNc1cc(=O)n(-c2ccnc3c2cc([C@H](C)N2CC=C(c4c(C)cc(C(=O)N(C)c5ccc(C6CCN(Cc7ccc8c(c7)C(C)(C)C(=O)N8C7CCC(=O)NC7=O)CC6)cc5)cc4F)CC2)n3C)cc1F. The first-order valence-electron chi connectivity index (χ1n) is 25.1. The molecule has 0 radical (unpaired) electrons. The number of piperidine rings is 2. The van der Waals surface area contributed by atoms with Gasteiger partial charge in [0.2, 0.25) is 17.7 Å². The molecule has 2 saturated heterocycles. The number of imide groups is 1. The summed E-state index contributed by atoms with van der Waals surface area (Å²) in [4.78, 5) is 77.6. The minimum absolute atomic E-state index is 0.0609. The van der Waals surface area contributed by atoms with Crippen LogP contribution >= 0.6 is 0 Å². The summed E-state index contributed by atoms with van der Waals surface area (Å²) in [5, 5.41) is 5.83. The summed E-state index contributed by atoms with van der Waals surface area (Å²) in [5.41, 5.74) is 8.19. The van der Waals surface area contributed by atoms with Crippen molar-refractivity contribution in [2.45, 2.75) is 89.8 Å². The van der Waals surface area contributed by atoms with Crippen LogP contribution in [0.1, 0.15) is 109 Å². The minimum atomic E-state index is -0.797. The highest BCUT2D eigenvalue weighted by atomic mass is 19.1. The number of halogens is 2. The van der Waals surface area contributed by atoms with E-state index in [0.717, 1.165) is 71.6 Å². The van der Waals surface area contributed by atoms with Crippen LogP contribution in [0.25, 0.3) is 22.3 Å². The zero-order valence-corrected chi connectivity index (χ0v) is 42.4. The Hall–Kier alpha value is -7.30. The van der Waals surface area contributed by atoms with Gasteiger partial charge in [0, 0.05) is 99.1 Å². The van der Waals surface area contributed by atoms with Crippen LogP contribution in [0.2, 0.25) is 0 Å². The summed E-state index contributed by atoms with van der Waals surface area (Å²) >= 11 is 0. The number of hydrogen-bond acceptors (Lipinski definition) is 9. The summed E-state index contributed by atoms with van der Waals surface area (Å²) in [6.45, 7) is 11.5. The van der Waals surface area contributed by atoms with Crippen molar-refractivity contribution in [3.8, 4) is 5.69 Å². The Kier molecular flexibility index (Phi) is 13.0. The fourth-order valence-electron chi connectivity index (χ4n) is 11.6. The molecule has 6 aromatic rings. The average molecular weight is 990 g/mol. The number of carbonyl (C=O) groups is 4. The van der Waals surface area contributed by atoms with E-state index < -0.39 is 29.0 Å². The molecule has 0 aliphatic carbocycles. The van der Waals surface area contributed by atoms with Crippen LogP contribution in [-0.4, -0.2) is 93.9 Å². The van der Waals surface area contributed by atoms with Gasteiger partial charge < -0.3 is 14.8 Å². The Morgan fingerprint density at radius 1 is 0.918 bits per heavy atom. The van der Waals surface area contributed by atoms with Gasteiger partial charge in [0.1, 0.15) is 17.5 Å². The molecule has 0 bridgehead atoms. The van der Waals surface area contributed by atoms with E-state index in [2.05, 4.69) is 56.6 Å². The maximum absolute atomic E-state index is 16.2. The number of nitrogens with one attached hydrogen (secondary N) is 2. The van der Waals surface area contributed by atoms with Gasteiger partial charge in [0.15, 0.2) is 5.82 Å². The number of amides is 4. The Bertz CT molecular complexity index is 3290. The fourth-order valence-corrected chi connectivity index (χ4v) is 11.6. The summed E-state index contributed by atoms with van der Waals surface area (Å²) in [5.74, 6) is -1.78. The second-order valence-corrected chi connectivity index (χ2v) is 20.6. The van der Waals surface area contributed by atoms with Gasteiger partial charge in [-0.05, 0) is 143 Å². The Morgan fingerprint density at radius 3 is 2.36 bits per heavy atom. The van der Waals surface area contributed by atoms with E-state index in [1.165, 1.54) is 28.5 Å². The Labute approximate surface area is 423 Å². The monoisotopic (exact) mass is 989 g/mol. The lowest BCUT2D eigenvalue weighted by atomic mass is 9.85. The van der Waals surface area contributed by atoms with Gasteiger partial charge in [-0.15, -0.1) is 0 Å². The molecule has 4 aliphatic heterocycles. The molecule has 7 heterocycles. The predicted molar refractivity (Wildman–Crippen MR) is 279 cm³/mol. The molecule has 16 heteroatoms. The summed E-state index contributed by atoms with van der Waals surface area (Å²) in [7, 11) is 5.21. The number of carbonyl (C=O) groups excluding carboxylic acids is 4. The summed E-state index contributed by atoms with van der Waals surface area (Å²) in [6, 6.07) is 21.5. The largest absolute Gasteiger partial charge is 0.386 e. The van der Waals surface area contributed by atoms with E-state index in [1.807, 2.05) is 62.7 Å². The van der Waals surface area contributed by atoms with Crippen LogP contribution in [0.15, 0.2) is 96.1 Å². The van der Waals surface area contributed by atoms with Crippen LogP contribution in [-0.2, 0) is 33.4 Å². The number of rotatable bonds is 11. The summed E-state index contributed by atoms with van der Waals surface area (Å²) in [6.07, 6.45) is 7.92. The van der Waals surface area contributed by atoms with Crippen LogP contribution in [0.4, 0.5) is 25.8 Å². The van der Waals surface area contributed by atoms with Gasteiger partial charge in [-0.3, -0.25) is 48.6 Å². The van der Waals surface area contributed by atoms with Crippen LogP contribution in [0.3, 0.4) is 0 Å². The van der Waals surface area contributed by atoms with Crippen molar-refractivity contribution < 1.29 is 28.0 Å². The molecule has 3 aromatic heterocycles. The third-order valence-corrected chi connectivity index (χ3v) is 15.9. The molecule has 2 N–H and O–H groups in total. The van der Waals surface area contributed by atoms with Gasteiger partial charge in [-0.25, -0.2) is 13.8 Å². The van der Waals surface area contributed by atoms with Crippen molar-refractivity contribution in [2.24, 2.45) is 7.05 Å². The third-order valence-electron chi connectivity index (χ3n) is 15.9. The van der Waals surface area contributed by atoms with Crippen molar-refractivity contribution in [3.63, 3.8) is 0 Å². The number of nitrogens with zero attached hydrogens (tertiary/aromatic N) is 7. The first kappa shape index (κ1) is 49.3. The Balaban J connectivity index is 0.753. The molecule has 2 atom stereocenters. The topological polar surface area (TPSA) is 145 Å². The van der Waals surface area contributed by atoms with Gasteiger partial charge in [0.05, 0.1) is 23.0 Å². The molecule has 73 heavy (non-hydrogen) atoms. The van der Waals surface area contributed by atoms with Crippen molar-refractivity contribution >= 4 is 57.3 Å². The highest BCUT2D eigenvalue weighted by Gasteiger charge is 2.49. The van der Waals surface area contributed by atoms with Gasteiger partial charge in [-0.1, -0.05) is 30.3 Å². The molecule has 4 amide bonds. The highest BCUT2D eigenvalue weighted by molar-refractivity contribution is 6.13. The zero-order chi connectivity index (χ0) is 51.6. The first-order valence-corrected chi connectivity index (χ1v) is 25.1. The number of anilines is 3. The number of aromatic nitrogens is 3. The van der Waals surface area contributed by atoms with Crippen LogP contribution < -0.4 is 26.0 Å². The summed E-state index contributed by atoms with van der Waals surface area (Å²) < 4.78 is 34.3. The van der Waals surface area contributed by atoms with Crippen molar-refractivity contribution in [1.29, 1.82) is 0 Å². The molecule has 378 valence electrons. The maximum atomic E-state index is 16.2. The van der Waals surface area contributed by atoms with Crippen LogP contribution in [0.5, 0.6) is 0 Å². The number of likely N-dealkylation sites (tertiary alicyclic amines) is 1. The molecule has 2 fully saturated rings. The average Bonchev–Trinajstić information content (AvgIpc) is 3.82. The molecule has 3 aromatic carbocycles. The lowest BCUT2D eigenvalue weighted by Gasteiger charge is -2.33. The number of fused-ring (bicyclic) bond motifs is 2. The molecule has 4 aliphatic rings.